The van der Waals surface area contributed by atoms with Gasteiger partial charge in [0.25, 0.3) is 0 Å². The molecular formula is C16H31NO. The van der Waals surface area contributed by atoms with E-state index < -0.39 is 0 Å². The maximum absolute atomic E-state index is 6.33. The highest BCUT2D eigenvalue weighted by molar-refractivity contribution is 4.93. The van der Waals surface area contributed by atoms with Gasteiger partial charge in [0.2, 0.25) is 0 Å². The Kier molecular flexibility index (Phi) is 5.08. The summed E-state index contributed by atoms with van der Waals surface area (Å²) in [5, 5.41) is 3.67. The summed E-state index contributed by atoms with van der Waals surface area (Å²) in [6.07, 6.45) is 11.0. The summed E-state index contributed by atoms with van der Waals surface area (Å²) in [4.78, 5) is 0. The predicted octanol–water partition coefficient (Wildman–Crippen LogP) is 3.89. The van der Waals surface area contributed by atoms with Crippen molar-refractivity contribution in [2.45, 2.75) is 89.9 Å². The lowest BCUT2D eigenvalue weighted by Gasteiger charge is -2.25. The third-order valence-electron chi connectivity index (χ3n) is 5.00. The van der Waals surface area contributed by atoms with Crippen molar-refractivity contribution in [1.29, 1.82) is 0 Å². The first-order valence-corrected chi connectivity index (χ1v) is 8.05. The average molecular weight is 253 g/mol. The Labute approximate surface area is 113 Å². The van der Waals surface area contributed by atoms with E-state index in [0.29, 0.717) is 17.7 Å². The van der Waals surface area contributed by atoms with Gasteiger partial charge in [0.1, 0.15) is 0 Å². The molecule has 18 heavy (non-hydrogen) atoms. The summed E-state index contributed by atoms with van der Waals surface area (Å²) < 4.78 is 6.33. The summed E-state index contributed by atoms with van der Waals surface area (Å²) in [5.74, 6) is 0.832. The lowest BCUT2D eigenvalue weighted by molar-refractivity contribution is -0.0359. The molecule has 1 heterocycles. The van der Waals surface area contributed by atoms with Crippen molar-refractivity contribution in [3.05, 3.63) is 0 Å². The van der Waals surface area contributed by atoms with Gasteiger partial charge in [-0.15, -0.1) is 0 Å². The molecular weight excluding hydrogens is 222 g/mol. The normalized spacial score (nSPS) is 29.8. The largest absolute Gasteiger partial charge is 0.370 e. The number of ether oxygens (including phenoxy) is 1. The van der Waals surface area contributed by atoms with Crippen molar-refractivity contribution >= 4 is 0 Å². The minimum Gasteiger partial charge on any atom is -0.370 e. The lowest BCUT2D eigenvalue weighted by atomic mass is 9.98. The number of hydrogen-bond acceptors (Lipinski definition) is 2. The molecule has 1 N–H and O–H groups in total. The van der Waals surface area contributed by atoms with Crippen LogP contribution in [0.2, 0.25) is 0 Å². The van der Waals surface area contributed by atoms with Crippen LogP contribution in [0.3, 0.4) is 0 Å². The first kappa shape index (κ1) is 14.3. The second-order valence-corrected chi connectivity index (χ2v) is 6.73. The molecule has 0 aromatic heterocycles. The van der Waals surface area contributed by atoms with E-state index >= 15 is 0 Å². The molecule has 3 atom stereocenters. The molecule has 1 aliphatic heterocycles. The number of rotatable bonds is 6. The van der Waals surface area contributed by atoms with Gasteiger partial charge in [-0.2, -0.15) is 0 Å². The number of nitrogens with one attached hydrogen (secondary N) is 1. The van der Waals surface area contributed by atoms with E-state index in [1.165, 1.54) is 51.4 Å². The Balaban J connectivity index is 1.65. The summed E-state index contributed by atoms with van der Waals surface area (Å²) in [7, 11) is 0. The first-order valence-electron chi connectivity index (χ1n) is 8.05. The first-order chi connectivity index (χ1) is 8.63. The van der Waals surface area contributed by atoms with Crippen molar-refractivity contribution in [2.75, 3.05) is 6.54 Å². The minimum atomic E-state index is 0.298. The quantitative estimate of drug-likeness (QED) is 0.775. The van der Waals surface area contributed by atoms with Crippen molar-refractivity contribution in [2.24, 2.45) is 5.92 Å². The molecule has 1 saturated heterocycles. The highest BCUT2D eigenvalue weighted by Gasteiger charge is 2.41. The second kappa shape index (κ2) is 6.38. The third-order valence-corrected chi connectivity index (χ3v) is 5.00. The molecule has 0 aromatic rings. The molecule has 0 radical (unpaired) electrons. The van der Waals surface area contributed by atoms with Gasteiger partial charge in [0.15, 0.2) is 0 Å². The average Bonchev–Trinajstić information content (AvgIpc) is 2.98. The van der Waals surface area contributed by atoms with Crippen LogP contribution in [-0.2, 0) is 4.74 Å². The Morgan fingerprint density at radius 3 is 2.61 bits per heavy atom. The van der Waals surface area contributed by atoms with Gasteiger partial charge in [0.05, 0.1) is 11.7 Å². The molecule has 1 saturated carbocycles. The molecule has 2 aliphatic rings. The Hall–Kier alpha value is -0.0800. The smallest absolute Gasteiger partial charge is 0.0708 e. The Bertz CT molecular complexity index is 247. The maximum atomic E-state index is 6.33. The second-order valence-electron chi connectivity index (χ2n) is 6.73. The van der Waals surface area contributed by atoms with Gasteiger partial charge in [-0.3, -0.25) is 0 Å². The zero-order valence-electron chi connectivity index (χ0n) is 12.5. The molecule has 0 amide bonds. The zero-order valence-corrected chi connectivity index (χ0v) is 12.5. The highest BCUT2D eigenvalue weighted by Crippen LogP contribution is 2.43. The minimum absolute atomic E-state index is 0.298. The van der Waals surface area contributed by atoms with Crippen LogP contribution in [0, 0.1) is 5.92 Å². The molecule has 0 aromatic carbocycles. The summed E-state index contributed by atoms with van der Waals surface area (Å²) in [5.41, 5.74) is 0.298. The van der Waals surface area contributed by atoms with Gasteiger partial charge in [-0.1, -0.05) is 33.1 Å². The zero-order chi connectivity index (χ0) is 13.0. The van der Waals surface area contributed by atoms with E-state index in [0.717, 1.165) is 12.5 Å². The molecule has 0 bridgehead atoms. The predicted molar refractivity (Wildman–Crippen MR) is 76.8 cm³/mol. The molecule has 3 unspecified atom stereocenters. The van der Waals surface area contributed by atoms with Crippen LogP contribution in [0.15, 0.2) is 0 Å². The Morgan fingerprint density at radius 2 is 1.94 bits per heavy atom. The van der Waals surface area contributed by atoms with Crippen LogP contribution in [0.25, 0.3) is 0 Å². The topological polar surface area (TPSA) is 21.3 Å². The maximum Gasteiger partial charge on any atom is 0.0708 e. The molecule has 2 fully saturated rings. The van der Waals surface area contributed by atoms with E-state index in [4.69, 9.17) is 4.74 Å². The third kappa shape index (κ3) is 3.71. The fraction of sp³-hybridized carbons (Fsp3) is 1.00. The van der Waals surface area contributed by atoms with Crippen molar-refractivity contribution in [3.63, 3.8) is 0 Å². The molecule has 1 aliphatic carbocycles. The van der Waals surface area contributed by atoms with Crippen molar-refractivity contribution in [3.8, 4) is 0 Å². The molecule has 2 rings (SSSR count). The summed E-state index contributed by atoms with van der Waals surface area (Å²) in [6, 6.07) is 0.628. The van der Waals surface area contributed by atoms with Gasteiger partial charge in [0, 0.05) is 12.6 Å². The van der Waals surface area contributed by atoms with Crippen molar-refractivity contribution < 1.29 is 4.74 Å². The summed E-state index contributed by atoms with van der Waals surface area (Å²) in [6.45, 7) is 7.99. The number of hydrogen-bond donors (Lipinski definition) is 1. The SMILES string of the molecule is CCC(C)CC(C)NCC1CCC2(CCCC2)O1. The highest BCUT2D eigenvalue weighted by atomic mass is 16.5. The van der Waals surface area contributed by atoms with Crippen LogP contribution >= 0.6 is 0 Å². The molecule has 106 valence electrons. The van der Waals surface area contributed by atoms with Gasteiger partial charge >= 0.3 is 0 Å². The van der Waals surface area contributed by atoms with E-state index in [9.17, 15) is 0 Å². The lowest BCUT2D eigenvalue weighted by Crippen LogP contribution is -2.36. The van der Waals surface area contributed by atoms with E-state index in [1.807, 2.05) is 0 Å². The van der Waals surface area contributed by atoms with Gasteiger partial charge < -0.3 is 10.1 Å². The fourth-order valence-corrected chi connectivity index (χ4v) is 3.61. The molecule has 2 nitrogen and oxygen atoms in total. The van der Waals surface area contributed by atoms with Crippen LogP contribution in [-0.4, -0.2) is 24.3 Å². The van der Waals surface area contributed by atoms with Crippen LogP contribution in [0.4, 0.5) is 0 Å². The van der Waals surface area contributed by atoms with Gasteiger partial charge in [-0.25, -0.2) is 0 Å². The standard InChI is InChI=1S/C16H31NO/c1-4-13(2)11-14(3)17-12-15-7-10-16(18-15)8-5-6-9-16/h13-15,17H,4-12H2,1-3H3. The van der Waals surface area contributed by atoms with Crippen LogP contribution in [0.5, 0.6) is 0 Å². The Morgan fingerprint density at radius 1 is 1.22 bits per heavy atom. The monoisotopic (exact) mass is 253 g/mol. The van der Waals surface area contributed by atoms with E-state index in [-0.39, 0.29) is 0 Å². The fourth-order valence-electron chi connectivity index (χ4n) is 3.61. The van der Waals surface area contributed by atoms with Gasteiger partial charge in [-0.05, 0) is 44.9 Å². The van der Waals surface area contributed by atoms with Crippen molar-refractivity contribution in [1.82, 2.24) is 5.32 Å². The van der Waals surface area contributed by atoms with E-state index in [2.05, 4.69) is 26.1 Å². The van der Waals surface area contributed by atoms with Crippen LogP contribution < -0.4 is 5.32 Å². The van der Waals surface area contributed by atoms with E-state index in [1.54, 1.807) is 0 Å². The molecule has 2 heteroatoms. The summed E-state index contributed by atoms with van der Waals surface area (Å²) >= 11 is 0. The van der Waals surface area contributed by atoms with Crippen LogP contribution in [0.1, 0.15) is 72.1 Å². The molecule has 1 spiro atoms.